The molecule has 0 spiro atoms. The van der Waals surface area contributed by atoms with Crippen LogP contribution in [0.2, 0.25) is 0 Å². The zero-order chi connectivity index (χ0) is 22.3. The number of amides is 2. The van der Waals surface area contributed by atoms with Crippen LogP contribution >= 0.6 is 0 Å². The second kappa shape index (κ2) is 10.6. The zero-order valence-electron chi connectivity index (χ0n) is 18.7. The van der Waals surface area contributed by atoms with E-state index in [9.17, 15) is 9.59 Å². The van der Waals surface area contributed by atoms with E-state index in [0.29, 0.717) is 30.5 Å². The Morgan fingerprint density at radius 3 is 2.50 bits per heavy atom. The van der Waals surface area contributed by atoms with Crippen LogP contribution in [0.4, 0.5) is 0 Å². The molecule has 2 aliphatic rings. The van der Waals surface area contributed by atoms with Gasteiger partial charge in [-0.25, -0.2) is 0 Å². The molecule has 170 valence electrons. The Hall–Kier alpha value is -2.90. The van der Waals surface area contributed by atoms with Gasteiger partial charge < -0.3 is 19.5 Å². The Morgan fingerprint density at radius 1 is 1.03 bits per heavy atom. The highest BCUT2D eigenvalue weighted by Gasteiger charge is 2.28. The van der Waals surface area contributed by atoms with Gasteiger partial charge in [0.2, 0.25) is 0 Å². The third-order valence-corrected chi connectivity index (χ3v) is 6.39. The lowest BCUT2D eigenvalue weighted by Crippen LogP contribution is -2.53. The number of nitrogens with zero attached hydrogens (tertiary/aromatic N) is 3. The number of rotatable bonds is 6. The van der Waals surface area contributed by atoms with E-state index in [-0.39, 0.29) is 17.5 Å². The molecule has 1 unspecified atom stereocenters. The quantitative estimate of drug-likeness (QED) is 0.705. The molecular weight excluding hydrogens is 404 g/mol. The van der Waals surface area contributed by atoms with Gasteiger partial charge in [-0.3, -0.25) is 14.5 Å². The third kappa shape index (κ3) is 5.66. The van der Waals surface area contributed by atoms with Gasteiger partial charge in [0.05, 0.1) is 6.26 Å². The smallest absolute Gasteiger partial charge is 0.270 e. The molecule has 7 nitrogen and oxygen atoms in total. The highest BCUT2D eigenvalue weighted by molar-refractivity contribution is 6.05. The lowest BCUT2D eigenvalue weighted by Gasteiger charge is -2.40. The summed E-state index contributed by atoms with van der Waals surface area (Å²) in [5.41, 5.74) is 0.737. The Labute approximate surface area is 189 Å². The second-order valence-electron chi connectivity index (χ2n) is 8.62. The van der Waals surface area contributed by atoms with Crippen molar-refractivity contribution in [3.05, 3.63) is 65.7 Å². The monoisotopic (exact) mass is 436 g/mol. The minimum absolute atomic E-state index is 0.180. The predicted octanol–water partition coefficient (Wildman–Crippen LogP) is 2.68. The Balaban J connectivity index is 1.39. The van der Waals surface area contributed by atoms with Crippen molar-refractivity contribution in [3.8, 4) is 0 Å². The number of carbonyl (C=O) groups excluding carboxylic acids is 2. The normalized spacial score (nSPS) is 20.8. The average molecular weight is 437 g/mol. The predicted molar refractivity (Wildman–Crippen MR) is 124 cm³/mol. The van der Waals surface area contributed by atoms with Gasteiger partial charge in [0.1, 0.15) is 11.5 Å². The van der Waals surface area contributed by atoms with Gasteiger partial charge in [0.15, 0.2) is 0 Å². The molecule has 2 amide bonds. The molecule has 4 rings (SSSR count). The van der Waals surface area contributed by atoms with Crippen molar-refractivity contribution in [1.29, 1.82) is 0 Å². The Morgan fingerprint density at radius 2 is 1.81 bits per heavy atom. The molecule has 2 saturated heterocycles. The van der Waals surface area contributed by atoms with Gasteiger partial charge in [0, 0.05) is 50.4 Å². The molecule has 0 saturated carbocycles. The first-order valence-corrected chi connectivity index (χ1v) is 11.4. The van der Waals surface area contributed by atoms with E-state index >= 15 is 0 Å². The van der Waals surface area contributed by atoms with Crippen LogP contribution < -0.4 is 5.32 Å². The van der Waals surface area contributed by atoms with Crippen LogP contribution in [0.25, 0.3) is 6.08 Å². The van der Waals surface area contributed by atoms with Crippen molar-refractivity contribution in [1.82, 2.24) is 20.0 Å². The maximum Gasteiger partial charge on any atom is 0.270 e. The van der Waals surface area contributed by atoms with Crippen molar-refractivity contribution in [3.63, 3.8) is 0 Å². The lowest BCUT2D eigenvalue weighted by molar-refractivity contribution is -0.129. The van der Waals surface area contributed by atoms with E-state index < -0.39 is 0 Å². The zero-order valence-corrected chi connectivity index (χ0v) is 18.7. The first-order valence-electron chi connectivity index (χ1n) is 11.4. The summed E-state index contributed by atoms with van der Waals surface area (Å²) in [6.07, 6.45) is 6.99. The van der Waals surface area contributed by atoms with Crippen LogP contribution in [0, 0.1) is 0 Å². The van der Waals surface area contributed by atoms with Gasteiger partial charge in [-0.15, -0.1) is 0 Å². The highest BCUT2D eigenvalue weighted by atomic mass is 16.3. The van der Waals surface area contributed by atoms with Crippen molar-refractivity contribution >= 4 is 17.9 Å². The fraction of sp³-hybridized carbons (Fsp3) is 0.440. The van der Waals surface area contributed by atoms with Gasteiger partial charge in [-0.2, -0.15) is 0 Å². The molecule has 2 aromatic rings. The molecule has 2 aliphatic heterocycles. The SMILES string of the molecule is CN1CCCCC1CN1CCN(C(=O)C(=Cc2ccco2)NC(=O)c2ccccc2)CC1. The number of piperidine rings is 1. The number of benzene rings is 1. The maximum absolute atomic E-state index is 13.3. The summed E-state index contributed by atoms with van der Waals surface area (Å²) in [5, 5.41) is 2.80. The average Bonchev–Trinajstić information content (AvgIpc) is 3.34. The summed E-state index contributed by atoms with van der Waals surface area (Å²) in [5.74, 6) is 0.0385. The van der Waals surface area contributed by atoms with Crippen LogP contribution in [-0.2, 0) is 4.79 Å². The molecule has 0 radical (unpaired) electrons. The van der Waals surface area contributed by atoms with E-state index in [1.165, 1.54) is 25.8 Å². The van der Waals surface area contributed by atoms with E-state index in [4.69, 9.17) is 4.42 Å². The fourth-order valence-electron chi connectivity index (χ4n) is 4.43. The molecule has 32 heavy (non-hydrogen) atoms. The lowest BCUT2D eigenvalue weighted by atomic mass is 10.0. The summed E-state index contributed by atoms with van der Waals surface area (Å²) in [7, 11) is 2.21. The summed E-state index contributed by atoms with van der Waals surface area (Å²) in [6.45, 7) is 5.20. The van der Waals surface area contributed by atoms with E-state index in [0.717, 1.165) is 19.6 Å². The van der Waals surface area contributed by atoms with Crippen molar-refractivity contribution in [2.75, 3.05) is 46.3 Å². The van der Waals surface area contributed by atoms with Crippen LogP contribution in [0.3, 0.4) is 0 Å². The summed E-state index contributed by atoms with van der Waals surface area (Å²) < 4.78 is 5.39. The van der Waals surface area contributed by atoms with E-state index in [2.05, 4.69) is 22.2 Å². The topological polar surface area (TPSA) is 69.0 Å². The van der Waals surface area contributed by atoms with Crippen molar-refractivity contribution < 1.29 is 14.0 Å². The molecule has 7 heteroatoms. The first kappa shape index (κ1) is 22.3. The maximum atomic E-state index is 13.3. The molecule has 0 aliphatic carbocycles. The van der Waals surface area contributed by atoms with Crippen molar-refractivity contribution in [2.45, 2.75) is 25.3 Å². The van der Waals surface area contributed by atoms with Crippen LogP contribution in [0.1, 0.15) is 35.4 Å². The minimum atomic E-state index is -0.310. The van der Waals surface area contributed by atoms with Gasteiger partial charge >= 0.3 is 0 Å². The van der Waals surface area contributed by atoms with Gasteiger partial charge in [-0.1, -0.05) is 24.6 Å². The number of furan rings is 1. The minimum Gasteiger partial charge on any atom is -0.465 e. The molecule has 1 N–H and O–H groups in total. The number of hydrogen-bond acceptors (Lipinski definition) is 5. The molecule has 1 aromatic carbocycles. The van der Waals surface area contributed by atoms with Crippen LogP contribution in [0.5, 0.6) is 0 Å². The van der Waals surface area contributed by atoms with Gasteiger partial charge in [-0.05, 0) is 50.7 Å². The highest BCUT2D eigenvalue weighted by Crippen LogP contribution is 2.18. The van der Waals surface area contributed by atoms with Gasteiger partial charge in [0.25, 0.3) is 11.8 Å². The number of likely N-dealkylation sites (N-methyl/N-ethyl adjacent to an activating group) is 1. The molecule has 1 aromatic heterocycles. The largest absolute Gasteiger partial charge is 0.465 e. The molecule has 2 fully saturated rings. The van der Waals surface area contributed by atoms with Crippen molar-refractivity contribution in [2.24, 2.45) is 0 Å². The molecular formula is C25H32N4O3. The fourth-order valence-corrected chi connectivity index (χ4v) is 4.43. The van der Waals surface area contributed by atoms with E-state index in [1.807, 2.05) is 11.0 Å². The Bertz CT molecular complexity index is 918. The number of hydrogen-bond donors (Lipinski definition) is 1. The Kier molecular flexibility index (Phi) is 7.39. The summed E-state index contributed by atoms with van der Waals surface area (Å²) in [6, 6.07) is 13.0. The molecule has 0 bridgehead atoms. The number of likely N-dealkylation sites (tertiary alicyclic amines) is 1. The summed E-state index contributed by atoms with van der Waals surface area (Å²) >= 11 is 0. The number of carbonyl (C=O) groups is 2. The van der Waals surface area contributed by atoms with Crippen LogP contribution in [0.15, 0.2) is 58.8 Å². The summed E-state index contributed by atoms with van der Waals surface area (Å²) in [4.78, 5) is 32.8. The standard InChI is InChI=1S/C25H32N4O3/c1-27-12-6-5-10-21(27)19-28-13-15-29(16-14-28)25(31)23(18-22-11-7-17-32-22)26-24(30)20-8-3-2-4-9-20/h2-4,7-9,11,17-18,21H,5-6,10,12-16,19H2,1H3,(H,26,30). The van der Waals surface area contributed by atoms with Crippen LogP contribution in [-0.4, -0.2) is 78.9 Å². The molecule has 1 atom stereocenters. The second-order valence-corrected chi connectivity index (χ2v) is 8.62. The van der Waals surface area contributed by atoms with E-state index in [1.54, 1.807) is 48.7 Å². The molecule has 3 heterocycles. The third-order valence-electron chi connectivity index (χ3n) is 6.39. The number of piperazine rings is 1. The number of nitrogens with one attached hydrogen (secondary N) is 1. The first-order chi connectivity index (χ1) is 15.6.